The molecule has 1 heterocycles. The van der Waals surface area contributed by atoms with Gasteiger partial charge in [-0.25, -0.2) is 9.98 Å². The van der Waals surface area contributed by atoms with E-state index >= 15 is 0 Å². The summed E-state index contributed by atoms with van der Waals surface area (Å²) in [6.07, 6.45) is 4.41. The van der Waals surface area contributed by atoms with Crippen LogP contribution >= 0.6 is 0 Å². The number of hydrogen-bond acceptors (Lipinski definition) is 2. The third-order valence-electron chi connectivity index (χ3n) is 10.2. The molecule has 0 amide bonds. The molecule has 270 valence electrons. The van der Waals surface area contributed by atoms with Crippen LogP contribution < -0.4 is 0 Å². The number of aromatic nitrogens is 1. The molecular weight excluding hydrogens is 667 g/mol. The molecule has 1 atom stereocenters. The van der Waals surface area contributed by atoms with E-state index in [0.29, 0.717) is 18.3 Å². The summed E-state index contributed by atoms with van der Waals surface area (Å²) >= 11 is 0. The molecule has 0 aliphatic heterocycles. The van der Waals surface area contributed by atoms with Gasteiger partial charge in [0, 0.05) is 11.3 Å². The molecule has 1 unspecified atom stereocenters. The van der Waals surface area contributed by atoms with Crippen LogP contribution in [0.2, 0.25) is 0 Å². The molecule has 7 rings (SSSR count). The summed E-state index contributed by atoms with van der Waals surface area (Å²) in [5.74, 6) is 1.01. The number of allylic oxidation sites excluding steroid dienone is 2. The normalized spacial score (nSPS) is 12.7. The van der Waals surface area contributed by atoms with Crippen LogP contribution in [-0.2, 0) is 6.54 Å². The number of benzene rings is 6. The van der Waals surface area contributed by atoms with Gasteiger partial charge in [-0.2, -0.15) is 0 Å². The van der Waals surface area contributed by atoms with E-state index in [4.69, 9.17) is 15.0 Å². The van der Waals surface area contributed by atoms with Crippen molar-refractivity contribution in [1.82, 2.24) is 4.98 Å². The van der Waals surface area contributed by atoms with Crippen molar-refractivity contribution in [3.8, 4) is 33.5 Å². The van der Waals surface area contributed by atoms with Crippen molar-refractivity contribution in [2.24, 2.45) is 9.98 Å². The van der Waals surface area contributed by atoms with Gasteiger partial charge in [0.15, 0.2) is 5.84 Å². The minimum absolute atomic E-state index is 0.385. The lowest BCUT2D eigenvalue weighted by Crippen LogP contribution is -2.07. The van der Waals surface area contributed by atoms with Crippen molar-refractivity contribution in [2.75, 3.05) is 0 Å². The summed E-state index contributed by atoms with van der Waals surface area (Å²) in [5.41, 5.74) is 14.6. The van der Waals surface area contributed by atoms with Crippen molar-refractivity contribution in [3.63, 3.8) is 0 Å². The first-order valence-corrected chi connectivity index (χ1v) is 19.2. The average molecular weight is 714 g/mol. The summed E-state index contributed by atoms with van der Waals surface area (Å²) in [5, 5.41) is 0. The van der Waals surface area contributed by atoms with Crippen LogP contribution in [0, 0.1) is 0 Å². The zero-order chi connectivity index (χ0) is 37.8. The Labute approximate surface area is 326 Å². The molecule has 1 aromatic heterocycles. The van der Waals surface area contributed by atoms with Crippen molar-refractivity contribution in [2.45, 2.75) is 46.1 Å². The van der Waals surface area contributed by atoms with Crippen LogP contribution in [0.3, 0.4) is 0 Å². The third-order valence-corrected chi connectivity index (χ3v) is 10.2. The zero-order valence-electron chi connectivity index (χ0n) is 31.9. The van der Waals surface area contributed by atoms with Crippen LogP contribution in [0.4, 0.5) is 0 Å². The molecule has 0 aliphatic rings. The van der Waals surface area contributed by atoms with Gasteiger partial charge in [0.05, 0.1) is 12.2 Å². The molecule has 7 aromatic rings. The van der Waals surface area contributed by atoms with E-state index in [-0.39, 0.29) is 0 Å². The summed E-state index contributed by atoms with van der Waals surface area (Å²) < 4.78 is 0. The summed E-state index contributed by atoms with van der Waals surface area (Å²) in [6.45, 7) is 7.07. The Morgan fingerprint density at radius 2 is 1.13 bits per heavy atom. The van der Waals surface area contributed by atoms with E-state index in [1.165, 1.54) is 39.0 Å². The molecule has 6 aromatic carbocycles. The molecule has 0 saturated heterocycles. The predicted octanol–water partition coefficient (Wildman–Crippen LogP) is 13.5. The second kappa shape index (κ2) is 18.1. The van der Waals surface area contributed by atoms with Gasteiger partial charge < -0.3 is 0 Å². The van der Waals surface area contributed by atoms with Crippen LogP contribution in [0.1, 0.15) is 67.5 Å². The van der Waals surface area contributed by atoms with E-state index in [2.05, 4.69) is 159 Å². The van der Waals surface area contributed by atoms with Gasteiger partial charge in [-0.15, -0.1) is 0 Å². The molecule has 0 bridgehead atoms. The highest BCUT2D eigenvalue weighted by Gasteiger charge is 2.14. The van der Waals surface area contributed by atoms with Crippen molar-refractivity contribution >= 4 is 17.1 Å². The lowest BCUT2D eigenvalue weighted by Gasteiger charge is -2.18. The fourth-order valence-corrected chi connectivity index (χ4v) is 6.93. The Kier molecular flexibility index (Phi) is 12.1. The van der Waals surface area contributed by atoms with Crippen molar-refractivity contribution < 1.29 is 0 Å². The number of hydrogen-bond donors (Lipinski definition) is 0. The molecule has 0 radical (unpaired) electrons. The van der Waals surface area contributed by atoms with Crippen LogP contribution in [-0.4, -0.2) is 16.5 Å². The molecule has 0 N–H and O–H groups in total. The smallest absolute Gasteiger partial charge is 0.174 e. The first-order valence-electron chi connectivity index (χ1n) is 19.2. The van der Waals surface area contributed by atoms with Gasteiger partial charge in [-0.05, 0) is 107 Å². The lowest BCUT2D eigenvalue weighted by molar-refractivity contribution is 0.675. The number of rotatable bonds is 12. The standard InChI is InChI=1S/C52H47N3/c1-4-41(47-34-48(43-23-13-7-14-24-43)36-49(35-47)44-25-15-8-16-26-44)32-31-38(2)45-27-17-28-46(33-45)50-29-18-30-51(55-50)52(53-37-40-19-9-5-10-20-40)54-39(3)42-21-11-6-12-22-42/h5-31,33-36,41H,4,32,37H2,1-3H3/b38-31+,53-52?,54-39?. The highest BCUT2D eigenvalue weighted by molar-refractivity contribution is 6.11. The highest BCUT2D eigenvalue weighted by atomic mass is 15.0. The summed E-state index contributed by atoms with van der Waals surface area (Å²) in [6, 6.07) is 63.9. The molecule has 0 fully saturated rings. The molecule has 3 heteroatoms. The Bertz CT molecular complexity index is 2350. The number of aliphatic imine (C=N–C) groups is 2. The Hall–Kier alpha value is -6.45. The van der Waals surface area contributed by atoms with E-state index in [9.17, 15) is 0 Å². The van der Waals surface area contributed by atoms with Gasteiger partial charge in [-0.3, -0.25) is 4.99 Å². The SMILES string of the molecule is CCC(C/C=C(\C)c1cccc(-c2cccc(C(N=C(C)c3ccccc3)=NCc3ccccc3)n2)c1)c1cc(-c2ccccc2)cc(-c2ccccc2)c1. The maximum absolute atomic E-state index is 5.14. The quantitative estimate of drug-likeness (QED) is 0.0917. The molecule has 0 spiro atoms. The fourth-order valence-electron chi connectivity index (χ4n) is 6.93. The first kappa shape index (κ1) is 36.9. The predicted molar refractivity (Wildman–Crippen MR) is 234 cm³/mol. The van der Waals surface area contributed by atoms with Crippen molar-refractivity contribution in [3.05, 3.63) is 216 Å². The van der Waals surface area contributed by atoms with Gasteiger partial charge in [0.25, 0.3) is 0 Å². The van der Waals surface area contributed by atoms with Gasteiger partial charge in [0.2, 0.25) is 0 Å². The van der Waals surface area contributed by atoms with E-state index < -0.39 is 0 Å². The average Bonchev–Trinajstić information content (AvgIpc) is 3.26. The van der Waals surface area contributed by atoms with Crippen LogP contribution in [0.5, 0.6) is 0 Å². The molecule has 0 aliphatic carbocycles. The van der Waals surface area contributed by atoms with Crippen molar-refractivity contribution in [1.29, 1.82) is 0 Å². The summed E-state index contributed by atoms with van der Waals surface area (Å²) in [7, 11) is 0. The molecule has 0 saturated carbocycles. The fraction of sp³-hybridized carbons (Fsp3) is 0.135. The third kappa shape index (κ3) is 9.57. The van der Waals surface area contributed by atoms with Gasteiger partial charge in [-0.1, -0.05) is 171 Å². The molecular formula is C52H47N3. The van der Waals surface area contributed by atoms with Gasteiger partial charge >= 0.3 is 0 Å². The first-order chi connectivity index (χ1) is 27.0. The van der Waals surface area contributed by atoms with Gasteiger partial charge in [0.1, 0.15) is 5.69 Å². The van der Waals surface area contributed by atoms with Crippen LogP contribution in [0.25, 0.3) is 39.1 Å². The monoisotopic (exact) mass is 713 g/mol. The Morgan fingerprint density at radius 3 is 1.76 bits per heavy atom. The second-order valence-corrected chi connectivity index (χ2v) is 14.0. The maximum atomic E-state index is 5.14. The minimum Gasteiger partial charge on any atom is -0.260 e. The summed E-state index contributed by atoms with van der Waals surface area (Å²) in [4.78, 5) is 15.2. The van der Waals surface area contributed by atoms with E-state index in [1.54, 1.807) is 0 Å². The van der Waals surface area contributed by atoms with Crippen LogP contribution in [0.15, 0.2) is 198 Å². The second-order valence-electron chi connectivity index (χ2n) is 14.0. The zero-order valence-corrected chi connectivity index (χ0v) is 31.9. The largest absolute Gasteiger partial charge is 0.260 e. The topological polar surface area (TPSA) is 37.6 Å². The number of pyridine rings is 1. The Morgan fingerprint density at radius 1 is 0.564 bits per heavy atom. The number of nitrogens with zero attached hydrogens (tertiary/aromatic N) is 3. The Balaban J connectivity index is 1.16. The lowest BCUT2D eigenvalue weighted by atomic mass is 9.87. The maximum Gasteiger partial charge on any atom is 0.174 e. The molecule has 3 nitrogen and oxygen atoms in total. The van der Waals surface area contributed by atoms with E-state index in [0.717, 1.165) is 46.6 Å². The minimum atomic E-state index is 0.385. The highest BCUT2D eigenvalue weighted by Crippen LogP contribution is 2.35. The van der Waals surface area contributed by atoms with E-state index in [1.807, 2.05) is 49.4 Å². The molecule has 55 heavy (non-hydrogen) atoms. The number of amidine groups is 1.